The molecule has 31 heavy (non-hydrogen) atoms. The number of methoxy groups -OCH3 is 3. The molecule has 1 heterocycles. The fraction of sp³-hybridized carbons (Fsp3) is 0.333. The van der Waals surface area contributed by atoms with Gasteiger partial charge in [-0.1, -0.05) is 17.7 Å². The summed E-state index contributed by atoms with van der Waals surface area (Å²) in [6.07, 6.45) is 2.00. The SMILES string of the molecule is COc1cc(C2CC(=O)N(c3cccc(Cl)c3)C3=C2C(=O)CCC3)cc(OC)c1OC. The molecule has 0 aromatic heterocycles. The number of carbonyl (C=O) groups is 2. The third kappa shape index (κ3) is 3.76. The van der Waals surface area contributed by atoms with E-state index < -0.39 is 0 Å². The fourth-order valence-electron chi connectivity index (χ4n) is 4.49. The van der Waals surface area contributed by atoms with Crippen LogP contribution in [-0.2, 0) is 9.59 Å². The zero-order valence-corrected chi connectivity index (χ0v) is 18.5. The molecule has 4 rings (SSSR count). The van der Waals surface area contributed by atoms with E-state index in [0.29, 0.717) is 52.8 Å². The van der Waals surface area contributed by atoms with Gasteiger partial charge in [-0.2, -0.15) is 0 Å². The number of rotatable bonds is 5. The van der Waals surface area contributed by atoms with Crippen molar-refractivity contribution in [1.82, 2.24) is 0 Å². The lowest BCUT2D eigenvalue weighted by molar-refractivity contribution is -0.119. The van der Waals surface area contributed by atoms with Gasteiger partial charge in [0.15, 0.2) is 17.3 Å². The largest absolute Gasteiger partial charge is 0.493 e. The Morgan fingerprint density at radius 3 is 2.29 bits per heavy atom. The summed E-state index contributed by atoms with van der Waals surface area (Å²) in [7, 11) is 4.63. The highest BCUT2D eigenvalue weighted by molar-refractivity contribution is 6.31. The van der Waals surface area contributed by atoms with Crippen LogP contribution in [0.2, 0.25) is 5.02 Å². The lowest BCUT2D eigenvalue weighted by atomic mass is 9.77. The van der Waals surface area contributed by atoms with Gasteiger partial charge in [0.1, 0.15) is 0 Å². The van der Waals surface area contributed by atoms with E-state index in [1.54, 1.807) is 44.4 Å². The molecular weight excluding hydrogens is 418 g/mol. The minimum absolute atomic E-state index is 0.0690. The highest BCUT2D eigenvalue weighted by Gasteiger charge is 2.40. The van der Waals surface area contributed by atoms with Crippen LogP contribution in [0.15, 0.2) is 47.7 Å². The minimum Gasteiger partial charge on any atom is -0.493 e. The van der Waals surface area contributed by atoms with Crippen LogP contribution in [0.5, 0.6) is 17.2 Å². The number of allylic oxidation sites excluding steroid dienone is 2. The fourth-order valence-corrected chi connectivity index (χ4v) is 4.68. The molecule has 2 aromatic rings. The Bertz CT molecular complexity index is 1050. The first kappa shape index (κ1) is 21.2. The molecule has 1 unspecified atom stereocenters. The molecule has 2 aliphatic rings. The second-order valence-electron chi connectivity index (χ2n) is 7.56. The van der Waals surface area contributed by atoms with E-state index in [1.165, 1.54) is 0 Å². The van der Waals surface area contributed by atoms with Crippen LogP contribution >= 0.6 is 11.6 Å². The van der Waals surface area contributed by atoms with Crippen molar-refractivity contribution in [3.8, 4) is 17.2 Å². The van der Waals surface area contributed by atoms with E-state index >= 15 is 0 Å². The van der Waals surface area contributed by atoms with Crippen molar-refractivity contribution < 1.29 is 23.8 Å². The molecule has 1 aliphatic heterocycles. The predicted octanol–water partition coefficient (Wildman–Crippen LogP) is 4.89. The molecular formula is C24H24ClNO5. The van der Waals surface area contributed by atoms with Crippen molar-refractivity contribution in [3.05, 3.63) is 58.3 Å². The number of Topliss-reactive ketones (excluding diaryl/α,β-unsaturated/α-hetero) is 1. The average molecular weight is 442 g/mol. The van der Waals surface area contributed by atoms with Gasteiger partial charge in [-0.25, -0.2) is 0 Å². The van der Waals surface area contributed by atoms with E-state index in [-0.39, 0.29) is 24.0 Å². The molecule has 0 bridgehead atoms. The topological polar surface area (TPSA) is 65.1 Å². The maximum absolute atomic E-state index is 13.3. The normalized spacial score (nSPS) is 18.7. The first-order chi connectivity index (χ1) is 15.0. The lowest BCUT2D eigenvalue weighted by Gasteiger charge is -2.38. The summed E-state index contributed by atoms with van der Waals surface area (Å²) in [6, 6.07) is 10.8. The van der Waals surface area contributed by atoms with Gasteiger partial charge in [0, 0.05) is 35.1 Å². The number of nitrogens with zero attached hydrogens (tertiary/aromatic N) is 1. The lowest BCUT2D eigenvalue weighted by Crippen LogP contribution is -2.40. The Hall–Kier alpha value is -2.99. The van der Waals surface area contributed by atoms with Crippen molar-refractivity contribution in [2.24, 2.45) is 0 Å². The Morgan fingerprint density at radius 2 is 1.68 bits per heavy atom. The Kier molecular flexibility index (Phi) is 5.92. The van der Waals surface area contributed by atoms with E-state index in [0.717, 1.165) is 11.3 Å². The van der Waals surface area contributed by atoms with E-state index in [1.807, 2.05) is 18.2 Å². The number of ether oxygens (including phenoxy) is 3. The number of halogens is 1. The van der Waals surface area contributed by atoms with Crippen molar-refractivity contribution in [3.63, 3.8) is 0 Å². The monoisotopic (exact) mass is 441 g/mol. The first-order valence-electron chi connectivity index (χ1n) is 10.1. The molecule has 0 radical (unpaired) electrons. The molecule has 162 valence electrons. The summed E-state index contributed by atoms with van der Waals surface area (Å²) >= 11 is 6.17. The van der Waals surface area contributed by atoms with Gasteiger partial charge in [-0.3, -0.25) is 14.5 Å². The van der Waals surface area contributed by atoms with Gasteiger partial charge in [0.25, 0.3) is 0 Å². The zero-order chi connectivity index (χ0) is 22.1. The quantitative estimate of drug-likeness (QED) is 0.660. The van der Waals surface area contributed by atoms with Crippen LogP contribution in [0.1, 0.15) is 37.2 Å². The average Bonchev–Trinajstić information content (AvgIpc) is 2.77. The summed E-state index contributed by atoms with van der Waals surface area (Å²) < 4.78 is 16.4. The van der Waals surface area contributed by atoms with Crippen LogP contribution in [-0.4, -0.2) is 33.0 Å². The molecule has 7 heteroatoms. The number of ketones is 1. The van der Waals surface area contributed by atoms with Crippen molar-refractivity contribution in [2.45, 2.75) is 31.6 Å². The van der Waals surface area contributed by atoms with Gasteiger partial charge in [0.05, 0.1) is 27.0 Å². The van der Waals surface area contributed by atoms with Crippen LogP contribution in [0.4, 0.5) is 5.69 Å². The van der Waals surface area contributed by atoms with E-state index in [2.05, 4.69) is 0 Å². The van der Waals surface area contributed by atoms with Crippen LogP contribution < -0.4 is 19.1 Å². The summed E-state index contributed by atoms with van der Waals surface area (Å²) in [5, 5.41) is 0.543. The molecule has 0 saturated carbocycles. The second-order valence-corrected chi connectivity index (χ2v) is 8.00. The predicted molar refractivity (Wildman–Crippen MR) is 118 cm³/mol. The Morgan fingerprint density at radius 1 is 0.968 bits per heavy atom. The van der Waals surface area contributed by atoms with Gasteiger partial charge >= 0.3 is 0 Å². The highest BCUT2D eigenvalue weighted by atomic mass is 35.5. The maximum atomic E-state index is 13.3. The number of hydrogen-bond acceptors (Lipinski definition) is 5. The number of hydrogen-bond donors (Lipinski definition) is 0. The molecule has 2 aromatic carbocycles. The smallest absolute Gasteiger partial charge is 0.232 e. The van der Waals surface area contributed by atoms with Gasteiger partial charge in [0.2, 0.25) is 11.7 Å². The van der Waals surface area contributed by atoms with E-state index in [9.17, 15) is 9.59 Å². The maximum Gasteiger partial charge on any atom is 0.232 e. The highest BCUT2D eigenvalue weighted by Crippen LogP contribution is 2.47. The standard InChI is InChI=1S/C24H24ClNO5/c1-29-20-10-14(11-21(30-2)24(20)31-3)17-13-22(28)26(16-7-4-6-15(25)12-16)18-8-5-9-19(27)23(17)18/h4,6-7,10-12,17H,5,8-9,13H2,1-3H3. The number of carbonyl (C=O) groups excluding carboxylic acids is 2. The molecule has 0 spiro atoms. The third-order valence-electron chi connectivity index (χ3n) is 5.83. The van der Waals surface area contributed by atoms with Crippen molar-refractivity contribution >= 4 is 29.0 Å². The van der Waals surface area contributed by atoms with Crippen molar-refractivity contribution in [2.75, 3.05) is 26.2 Å². The van der Waals surface area contributed by atoms with Crippen LogP contribution in [0.3, 0.4) is 0 Å². The molecule has 1 amide bonds. The minimum atomic E-state index is -0.376. The van der Waals surface area contributed by atoms with Gasteiger partial charge in [-0.05, 0) is 48.7 Å². The summed E-state index contributed by atoms with van der Waals surface area (Å²) in [4.78, 5) is 28.1. The molecule has 0 saturated heterocycles. The van der Waals surface area contributed by atoms with Crippen molar-refractivity contribution in [1.29, 1.82) is 0 Å². The summed E-state index contributed by atoms with van der Waals surface area (Å²) in [5.41, 5.74) is 2.91. The number of benzene rings is 2. The first-order valence-corrected chi connectivity index (χ1v) is 10.5. The van der Waals surface area contributed by atoms with Gasteiger partial charge < -0.3 is 14.2 Å². The number of anilines is 1. The zero-order valence-electron chi connectivity index (χ0n) is 17.7. The summed E-state index contributed by atoms with van der Waals surface area (Å²) in [5.74, 6) is 1.08. The Labute approximate surface area is 186 Å². The third-order valence-corrected chi connectivity index (χ3v) is 6.07. The molecule has 0 fully saturated rings. The van der Waals surface area contributed by atoms with E-state index in [4.69, 9.17) is 25.8 Å². The Balaban J connectivity index is 1.88. The van der Waals surface area contributed by atoms with Crippen LogP contribution in [0, 0.1) is 0 Å². The summed E-state index contributed by atoms with van der Waals surface area (Å²) in [6.45, 7) is 0. The second kappa shape index (κ2) is 8.63. The van der Waals surface area contributed by atoms with Gasteiger partial charge in [-0.15, -0.1) is 0 Å². The van der Waals surface area contributed by atoms with Crippen LogP contribution in [0.25, 0.3) is 0 Å². The number of amides is 1. The molecule has 6 nitrogen and oxygen atoms in total. The molecule has 0 N–H and O–H groups in total. The molecule has 1 aliphatic carbocycles. The molecule has 1 atom stereocenters.